The molecule has 2 N–H and O–H groups in total. The van der Waals surface area contributed by atoms with Crippen LogP contribution in [0.4, 0.5) is 0 Å². The highest BCUT2D eigenvalue weighted by Gasteiger charge is 2.72. The van der Waals surface area contributed by atoms with E-state index in [9.17, 15) is 10.2 Å². The topological polar surface area (TPSA) is 40.5 Å². The summed E-state index contributed by atoms with van der Waals surface area (Å²) < 4.78 is 0. The molecule has 0 amide bonds. The maximum Gasteiger partial charge on any atom is 0.0708 e. The molecule has 0 radical (unpaired) electrons. The molecule has 0 heterocycles. The first-order chi connectivity index (χ1) is 5.59. The van der Waals surface area contributed by atoms with E-state index in [2.05, 4.69) is 6.92 Å². The van der Waals surface area contributed by atoms with Crippen LogP contribution >= 0.6 is 0 Å². The smallest absolute Gasteiger partial charge is 0.0708 e. The Labute approximate surface area is 72.6 Å². The molecule has 2 unspecified atom stereocenters. The Hall–Kier alpha value is -0.0800. The standard InChI is InChI=1S/C10H16O2/c1-2-10(12)7-4-9(11)3-6(7)8(10)5-9/h6-8,11-12H,2-5H2,1H3. The van der Waals surface area contributed by atoms with Crippen LogP contribution in [0.1, 0.15) is 32.6 Å². The first-order valence-electron chi connectivity index (χ1n) is 5.04. The van der Waals surface area contributed by atoms with Gasteiger partial charge in [0.1, 0.15) is 0 Å². The first kappa shape index (κ1) is 7.34. The second-order valence-electron chi connectivity index (χ2n) is 5.06. The van der Waals surface area contributed by atoms with Gasteiger partial charge in [-0.25, -0.2) is 0 Å². The molecule has 3 rings (SSSR count). The average Bonchev–Trinajstić information content (AvgIpc) is 2.53. The van der Waals surface area contributed by atoms with Gasteiger partial charge in [0.05, 0.1) is 11.2 Å². The van der Waals surface area contributed by atoms with Crippen molar-refractivity contribution in [2.75, 3.05) is 0 Å². The monoisotopic (exact) mass is 168 g/mol. The van der Waals surface area contributed by atoms with Crippen molar-refractivity contribution in [2.45, 2.75) is 43.8 Å². The van der Waals surface area contributed by atoms with Crippen LogP contribution in [0, 0.1) is 17.8 Å². The van der Waals surface area contributed by atoms with Crippen molar-refractivity contribution in [3.05, 3.63) is 0 Å². The van der Waals surface area contributed by atoms with Crippen LogP contribution < -0.4 is 0 Å². The second-order valence-corrected chi connectivity index (χ2v) is 5.06. The average molecular weight is 168 g/mol. The number of hydrogen-bond acceptors (Lipinski definition) is 2. The van der Waals surface area contributed by atoms with Gasteiger partial charge in [-0.1, -0.05) is 6.92 Å². The van der Waals surface area contributed by atoms with Gasteiger partial charge in [0.25, 0.3) is 0 Å². The summed E-state index contributed by atoms with van der Waals surface area (Å²) >= 11 is 0. The third kappa shape index (κ3) is 0.549. The SMILES string of the molecule is CCC1(O)C2CC3(O)CC2C1C3. The van der Waals surface area contributed by atoms with Gasteiger partial charge >= 0.3 is 0 Å². The van der Waals surface area contributed by atoms with Crippen molar-refractivity contribution in [1.29, 1.82) is 0 Å². The van der Waals surface area contributed by atoms with E-state index in [4.69, 9.17) is 0 Å². The van der Waals surface area contributed by atoms with E-state index >= 15 is 0 Å². The van der Waals surface area contributed by atoms with Crippen molar-refractivity contribution in [2.24, 2.45) is 17.8 Å². The minimum Gasteiger partial charge on any atom is -0.390 e. The summed E-state index contributed by atoms with van der Waals surface area (Å²) in [5.41, 5.74) is -0.769. The van der Waals surface area contributed by atoms with E-state index in [1.54, 1.807) is 0 Å². The lowest BCUT2D eigenvalue weighted by Gasteiger charge is -2.57. The summed E-state index contributed by atoms with van der Waals surface area (Å²) in [6.07, 6.45) is 3.55. The minimum absolute atomic E-state index is 0.374. The highest BCUT2D eigenvalue weighted by Crippen LogP contribution is 2.70. The van der Waals surface area contributed by atoms with Gasteiger partial charge in [-0.3, -0.25) is 0 Å². The van der Waals surface area contributed by atoms with Crippen LogP contribution in [0.25, 0.3) is 0 Å². The normalized spacial score (nSPS) is 66.8. The lowest BCUT2D eigenvalue weighted by atomic mass is 9.51. The van der Waals surface area contributed by atoms with Crippen molar-refractivity contribution in [3.8, 4) is 0 Å². The van der Waals surface area contributed by atoms with Crippen LogP contribution in [0.2, 0.25) is 0 Å². The van der Waals surface area contributed by atoms with Gasteiger partial charge in [0.2, 0.25) is 0 Å². The molecule has 3 saturated carbocycles. The Morgan fingerprint density at radius 3 is 2.08 bits per heavy atom. The molecule has 3 fully saturated rings. The Morgan fingerprint density at radius 2 is 1.75 bits per heavy atom. The molecule has 2 bridgehead atoms. The quantitative estimate of drug-likeness (QED) is 0.611. The van der Waals surface area contributed by atoms with E-state index in [1.165, 1.54) is 0 Å². The van der Waals surface area contributed by atoms with Crippen molar-refractivity contribution < 1.29 is 10.2 Å². The summed E-state index contributed by atoms with van der Waals surface area (Å²) in [6.45, 7) is 2.06. The van der Waals surface area contributed by atoms with Gasteiger partial charge in [0, 0.05) is 0 Å². The fraction of sp³-hybridized carbons (Fsp3) is 1.00. The zero-order valence-corrected chi connectivity index (χ0v) is 7.45. The Bertz CT molecular complexity index is 222. The van der Waals surface area contributed by atoms with E-state index in [1.807, 2.05) is 0 Å². The summed E-state index contributed by atoms with van der Waals surface area (Å²) in [6, 6.07) is 0. The Balaban J connectivity index is 1.94. The molecular weight excluding hydrogens is 152 g/mol. The molecular formula is C10H16O2. The number of aliphatic hydroxyl groups is 2. The lowest BCUT2D eigenvalue weighted by molar-refractivity contribution is -0.210. The third-order valence-electron chi connectivity index (χ3n) is 4.70. The minimum atomic E-state index is -0.395. The summed E-state index contributed by atoms with van der Waals surface area (Å²) in [5.74, 6) is 1.50. The van der Waals surface area contributed by atoms with Crippen molar-refractivity contribution in [1.82, 2.24) is 0 Å². The van der Waals surface area contributed by atoms with Gasteiger partial charge in [-0.2, -0.15) is 0 Å². The Kier molecular flexibility index (Phi) is 1.06. The van der Waals surface area contributed by atoms with Crippen LogP contribution in [0.3, 0.4) is 0 Å². The molecule has 68 valence electrons. The van der Waals surface area contributed by atoms with Crippen LogP contribution in [-0.2, 0) is 0 Å². The molecule has 0 aromatic carbocycles. The molecule has 3 aliphatic carbocycles. The van der Waals surface area contributed by atoms with Gasteiger partial charge in [-0.05, 0) is 43.4 Å². The summed E-state index contributed by atoms with van der Waals surface area (Å²) in [5, 5.41) is 20.2. The molecule has 2 nitrogen and oxygen atoms in total. The molecule has 0 aliphatic heterocycles. The van der Waals surface area contributed by atoms with Crippen molar-refractivity contribution in [3.63, 3.8) is 0 Å². The zero-order valence-electron chi connectivity index (χ0n) is 7.45. The first-order valence-corrected chi connectivity index (χ1v) is 5.04. The molecule has 0 aromatic rings. The predicted octanol–water partition coefficient (Wildman–Crippen LogP) is 0.918. The molecule has 0 saturated heterocycles. The lowest BCUT2D eigenvalue weighted by Crippen LogP contribution is -2.62. The molecule has 3 aliphatic rings. The van der Waals surface area contributed by atoms with Crippen LogP contribution in [0.5, 0.6) is 0 Å². The molecule has 12 heavy (non-hydrogen) atoms. The van der Waals surface area contributed by atoms with E-state index in [-0.39, 0.29) is 5.60 Å². The fourth-order valence-corrected chi connectivity index (χ4v) is 4.15. The highest BCUT2D eigenvalue weighted by molar-refractivity contribution is 5.22. The van der Waals surface area contributed by atoms with Crippen LogP contribution in [0.15, 0.2) is 0 Å². The number of hydrogen-bond donors (Lipinski definition) is 2. The fourth-order valence-electron chi connectivity index (χ4n) is 4.15. The molecule has 0 aromatic heterocycles. The molecule has 0 spiro atoms. The number of fused-ring (bicyclic) bond motifs is 1. The van der Waals surface area contributed by atoms with Crippen molar-refractivity contribution >= 4 is 0 Å². The van der Waals surface area contributed by atoms with E-state index in [0.717, 1.165) is 25.7 Å². The maximum atomic E-state index is 10.2. The maximum absolute atomic E-state index is 10.2. The molecule has 2 heteroatoms. The van der Waals surface area contributed by atoms with E-state index < -0.39 is 5.60 Å². The number of rotatable bonds is 1. The molecule has 2 atom stereocenters. The largest absolute Gasteiger partial charge is 0.390 e. The van der Waals surface area contributed by atoms with E-state index in [0.29, 0.717) is 17.8 Å². The summed E-state index contributed by atoms with van der Waals surface area (Å²) in [4.78, 5) is 0. The van der Waals surface area contributed by atoms with Gasteiger partial charge < -0.3 is 10.2 Å². The highest BCUT2D eigenvalue weighted by atomic mass is 16.3. The second kappa shape index (κ2) is 1.73. The van der Waals surface area contributed by atoms with Crippen LogP contribution in [-0.4, -0.2) is 21.4 Å². The van der Waals surface area contributed by atoms with Gasteiger partial charge in [-0.15, -0.1) is 0 Å². The Morgan fingerprint density at radius 1 is 1.17 bits per heavy atom. The van der Waals surface area contributed by atoms with Gasteiger partial charge in [0.15, 0.2) is 0 Å². The predicted molar refractivity (Wildman–Crippen MR) is 44.5 cm³/mol. The third-order valence-corrected chi connectivity index (χ3v) is 4.70. The zero-order chi connectivity index (χ0) is 8.56. The summed E-state index contributed by atoms with van der Waals surface area (Å²) in [7, 11) is 0.